The van der Waals surface area contributed by atoms with E-state index in [1.54, 1.807) is 11.3 Å². The van der Waals surface area contributed by atoms with Crippen LogP contribution >= 0.6 is 27.3 Å². The Bertz CT molecular complexity index is 830. The van der Waals surface area contributed by atoms with Gasteiger partial charge < -0.3 is 0 Å². The highest BCUT2D eigenvalue weighted by Gasteiger charge is 2.10. The van der Waals surface area contributed by atoms with Crippen molar-refractivity contribution in [3.63, 3.8) is 0 Å². The van der Waals surface area contributed by atoms with Gasteiger partial charge in [0, 0.05) is 15.6 Å². The average molecular weight is 370 g/mol. The van der Waals surface area contributed by atoms with Crippen molar-refractivity contribution in [1.82, 2.24) is 14.6 Å². The van der Waals surface area contributed by atoms with Crippen molar-refractivity contribution >= 4 is 32.2 Å². The van der Waals surface area contributed by atoms with Crippen LogP contribution in [0, 0.1) is 6.92 Å². The second-order valence-electron chi connectivity index (χ2n) is 5.13. The average Bonchev–Trinajstić information content (AvgIpc) is 3.07. The van der Waals surface area contributed by atoms with E-state index < -0.39 is 0 Å². The maximum absolute atomic E-state index is 4.69. The molecule has 0 aliphatic carbocycles. The van der Waals surface area contributed by atoms with Gasteiger partial charge in [0.2, 0.25) is 4.96 Å². The predicted molar refractivity (Wildman–Crippen MR) is 94.2 cm³/mol. The van der Waals surface area contributed by atoms with Crippen LogP contribution in [-0.2, 0) is 0 Å². The normalized spacial score (nSPS) is 11.2. The molecule has 0 bridgehead atoms. The van der Waals surface area contributed by atoms with Crippen LogP contribution in [0.25, 0.3) is 26.8 Å². The van der Waals surface area contributed by atoms with Gasteiger partial charge in [-0.15, -0.1) is 0 Å². The minimum atomic E-state index is 0.911. The Morgan fingerprint density at radius 2 is 1.64 bits per heavy atom. The molecule has 0 radical (unpaired) electrons. The van der Waals surface area contributed by atoms with E-state index in [1.807, 2.05) is 22.8 Å². The summed E-state index contributed by atoms with van der Waals surface area (Å²) in [4.78, 5) is 5.60. The van der Waals surface area contributed by atoms with Crippen molar-refractivity contribution < 1.29 is 0 Å². The van der Waals surface area contributed by atoms with Gasteiger partial charge in [0.1, 0.15) is 5.01 Å². The Balaban J connectivity index is 1.73. The molecule has 0 spiro atoms. The van der Waals surface area contributed by atoms with Crippen LogP contribution < -0.4 is 0 Å². The van der Waals surface area contributed by atoms with Crippen LogP contribution in [0.5, 0.6) is 0 Å². The standard InChI is InChI=1S/C17H12BrN3S/c1-11-2-4-12(5-3-11)15-10-21-17(19-15)22-16(20-21)13-6-8-14(18)9-7-13/h2-10H,1H3. The number of rotatable bonds is 2. The number of fused-ring (bicyclic) bond motifs is 1. The largest absolute Gasteiger partial charge is 0.217 e. The molecule has 0 saturated carbocycles. The van der Waals surface area contributed by atoms with Crippen molar-refractivity contribution in [2.45, 2.75) is 6.92 Å². The van der Waals surface area contributed by atoms with E-state index in [4.69, 9.17) is 0 Å². The lowest BCUT2D eigenvalue weighted by atomic mass is 10.1. The van der Waals surface area contributed by atoms with Crippen molar-refractivity contribution in [1.29, 1.82) is 0 Å². The zero-order valence-corrected chi connectivity index (χ0v) is 14.2. The maximum Gasteiger partial charge on any atom is 0.213 e. The fourth-order valence-corrected chi connectivity index (χ4v) is 3.42. The van der Waals surface area contributed by atoms with E-state index in [0.29, 0.717) is 0 Å². The van der Waals surface area contributed by atoms with Crippen molar-refractivity contribution in [3.05, 3.63) is 64.8 Å². The van der Waals surface area contributed by atoms with E-state index >= 15 is 0 Å². The molecule has 4 aromatic rings. The molecule has 3 nitrogen and oxygen atoms in total. The van der Waals surface area contributed by atoms with Crippen LogP contribution in [0.2, 0.25) is 0 Å². The highest BCUT2D eigenvalue weighted by atomic mass is 79.9. The smallest absolute Gasteiger partial charge is 0.213 e. The van der Waals surface area contributed by atoms with Gasteiger partial charge in [-0.1, -0.05) is 69.2 Å². The van der Waals surface area contributed by atoms with E-state index in [1.165, 1.54) is 5.56 Å². The number of aryl methyl sites for hydroxylation is 1. The van der Waals surface area contributed by atoms with Gasteiger partial charge >= 0.3 is 0 Å². The van der Waals surface area contributed by atoms with E-state index in [2.05, 4.69) is 69.3 Å². The van der Waals surface area contributed by atoms with E-state index in [9.17, 15) is 0 Å². The first-order valence-corrected chi connectivity index (χ1v) is 8.49. The third-order valence-corrected chi connectivity index (χ3v) is 4.98. The Labute approximate surface area is 140 Å². The zero-order valence-electron chi connectivity index (χ0n) is 11.8. The third-order valence-electron chi connectivity index (χ3n) is 3.48. The van der Waals surface area contributed by atoms with Crippen LogP contribution in [0.1, 0.15) is 5.56 Å². The molecule has 0 amide bonds. The lowest BCUT2D eigenvalue weighted by Gasteiger charge is -1.97. The van der Waals surface area contributed by atoms with Crippen molar-refractivity contribution in [2.24, 2.45) is 0 Å². The molecule has 0 aliphatic heterocycles. The van der Waals surface area contributed by atoms with Crippen LogP contribution in [0.4, 0.5) is 0 Å². The molecule has 0 unspecified atom stereocenters. The van der Waals surface area contributed by atoms with Gasteiger partial charge in [-0.25, -0.2) is 9.50 Å². The molecule has 0 N–H and O–H groups in total. The molecule has 5 heteroatoms. The summed E-state index contributed by atoms with van der Waals surface area (Å²) in [6, 6.07) is 16.6. The first-order chi connectivity index (χ1) is 10.7. The maximum atomic E-state index is 4.69. The fraction of sp³-hybridized carbons (Fsp3) is 0.0588. The number of benzene rings is 2. The molecule has 0 saturated heterocycles. The van der Waals surface area contributed by atoms with Gasteiger partial charge in [-0.2, -0.15) is 5.10 Å². The number of hydrogen-bond acceptors (Lipinski definition) is 3. The van der Waals surface area contributed by atoms with Gasteiger partial charge in [-0.3, -0.25) is 0 Å². The summed E-state index contributed by atoms with van der Waals surface area (Å²) in [6.07, 6.45) is 1.98. The molecule has 4 rings (SSSR count). The second kappa shape index (κ2) is 5.34. The summed E-state index contributed by atoms with van der Waals surface area (Å²) >= 11 is 5.05. The Hall–Kier alpha value is -1.98. The molecule has 2 heterocycles. The number of imidazole rings is 1. The summed E-state index contributed by atoms with van der Waals surface area (Å²) in [5.41, 5.74) is 4.44. The second-order valence-corrected chi connectivity index (χ2v) is 7.01. The van der Waals surface area contributed by atoms with Crippen LogP contribution in [0.15, 0.2) is 59.2 Å². The van der Waals surface area contributed by atoms with Crippen molar-refractivity contribution in [3.8, 4) is 21.8 Å². The number of hydrogen-bond donors (Lipinski definition) is 0. The van der Waals surface area contributed by atoms with Crippen molar-refractivity contribution in [2.75, 3.05) is 0 Å². The summed E-state index contributed by atoms with van der Waals surface area (Å²) < 4.78 is 2.93. The highest BCUT2D eigenvalue weighted by molar-refractivity contribution is 9.10. The molecule has 0 atom stereocenters. The summed E-state index contributed by atoms with van der Waals surface area (Å²) in [6.45, 7) is 2.08. The van der Waals surface area contributed by atoms with Gasteiger partial charge in [-0.05, 0) is 19.1 Å². The number of aromatic nitrogens is 3. The fourth-order valence-electron chi connectivity index (χ4n) is 2.27. The highest BCUT2D eigenvalue weighted by Crippen LogP contribution is 2.28. The number of nitrogens with zero attached hydrogens (tertiary/aromatic N) is 3. The lowest BCUT2D eigenvalue weighted by molar-refractivity contribution is 0.978. The minimum Gasteiger partial charge on any atom is -0.217 e. The first kappa shape index (κ1) is 13.7. The van der Waals surface area contributed by atoms with Crippen LogP contribution in [-0.4, -0.2) is 14.6 Å². The molecule has 2 aromatic heterocycles. The Kier molecular flexibility index (Phi) is 3.32. The molecule has 2 aromatic carbocycles. The Morgan fingerprint density at radius 1 is 0.955 bits per heavy atom. The van der Waals surface area contributed by atoms with Crippen LogP contribution in [0.3, 0.4) is 0 Å². The third kappa shape index (κ3) is 2.46. The van der Waals surface area contributed by atoms with Gasteiger partial charge in [0.25, 0.3) is 0 Å². The monoisotopic (exact) mass is 369 g/mol. The van der Waals surface area contributed by atoms with E-state index in [-0.39, 0.29) is 0 Å². The molecule has 22 heavy (non-hydrogen) atoms. The zero-order chi connectivity index (χ0) is 15.1. The SMILES string of the molecule is Cc1ccc(-c2cn3nc(-c4ccc(Br)cc4)sc3n2)cc1. The molecule has 108 valence electrons. The lowest BCUT2D eigenvalue weighted by Crippen LogP contribution is -1.82. The topological polar surface area (TPSA) is 30.2 Å². The Morgan fingerprint density at radius 3 is 2.32 bits per heavy atom. The molecule has 0 aliphatic rings. The van der Waals surface area contributed by atoms with Gasteiger partial charge in [0.05, 0.1) is 11.9 Å². The molecular weight excluding hydrogens is 358 g/mol. The summed E-state index contributed by atoms with van der Waals surface area (Å²) in [5.74, 6) is 0. The first-order valence-electron chi connectivity index (χ1n) is 6.88. The predicted octanol–water partition coefficient (Wildman–Crippen LogP) is 5.20. The number of halogens is 1. The quantitative estimate of drug-likeness (QED) is 0.486. The summed E-state index contributed by atoms with van der Waals surface area (Å²) in [7, 11) is 0. The molecule has 0 fully saturated rings. The molecular formula is C17H12BrN3S. The minimum absolute atomic E-state index is 0.911. The summed E-state index contributed by atoms with van der Waals surface area (Å²) in [5, 5.41) is 5.61. The van der Waals surface area contributed by atoms with E-state index in [0.717, 1.165) is 31.3 Å². The van der Waals surface area contributed by atoms with Gasteiger partial charge in [0.15, 0.2) is 0 Å².